The van der Waals surface area contributed by atoms with Gasteiger partial charge in [0.05, 0.1) is 12.8 Å². The third-order valence-corrected chi connectivity index (χ3v) is 4.16. The van der Waals surface area contributed by atoms with Gasteiger partial charge in [-0.1, -0.05) is 0 Å². The number of ether oxygens (including phenoxy) is 2. The van der Waals surface area contributed by atoms with Crippen LogP contribution >= 0.6 is 0 Å². The molecule has 1 aromatic heterocycles. The molecule has 1 spiro atoms. The quantitative estimate of drug-likeness (QED) is 0.827. The highest BCUT2D eigenvalue weighted by atomic mass is 19.1. The number of pyridine rings is 1. The Morgan fingerprint density at radius 2 is 2.11 bits per heavy atom. The SMILES string of the molecule is Fc1ccc(OCC2CC3(CCOCC3)C2)nc1. The fraction of sp³-hybridized carbons (Fsp3) is 0.643. The van der Waals surface area contributed by atoms with Crippen molar-refractivity contribution < 1.29 is 13.9 Å². The van der Waals surface area contributed by atoms with Crippen molar-refractivity contribution in [2.45, 2.75) is 25.7 Å². The Kier molecular flexibility index (Phi) is 3.20. The number of hydrogen-bond acceptors (Lipinski definition) is 3. The second-order valence-corrected chi connectivity index (χ2v) is 5.51. The molecule has 4 heteroatoms. The Labute approximate surface area is 106 Å². The summed E-state index contributed by atoms with van der Waals surface area (Å²) < 4.78 is 23.7. The number of nitrogens with zero attached hydrogens (tertiary/aromatic N) is 1. The first-order valence-electron chi connectivity index (χ1n) is 6.58. The lowest BCUT2D eigenvalue weighted by atomic mass is 9.58. The molecule has 3 nitrogen and oxygen atoms in total. The summed E-state index contributed by atoms with van der Waals surface area (Å²) in [4.78, 5) is 3.90. The zero-order valence-corrected chi connectivity index (χ0v) is 10.4. The number of rotatable bonds is 3. The maximum absolute atomic E-state index is 12.7. The van der Waals surface area contributed by atoms with E-state index < -0.39 is 0 Å². The maximum Gasteiger partial charge on any atom is 0.213 e. The Hall–Kier alpha value is -1.16. The minimum absolute atomic E-state index is 0.327. The van der Waals surface area contributed by atoms with E-state index in [0.717, 1.165) is 13.2 Å². The van der Waals surface area contributed by atoms with Gasteiger partial charge >= 0.3 is 0 Å². The van der Waals surface area contributed by atoms with Crippen molar-refractivity contribution in [1.29, 1.82) is 0 Å². The monoisotopic (exact) mass is 251 g/mol. The molecule has 1 saturated heterocycles. The van der Waals surface area contributed by atoms with Gasteiger partial charge in [0.2, 0.25) is 5.88 Å². The number of hydrogen-bond donors (Lipinski definition) is 0. The van der Waals surface area contributed by atoms with Gasteiger partial charge in [0.1, 0.15) is 5.82 Å². The molecule has 2 heterocycles. The van der Waals surface area contributed by atoms with E-state index in [0.29, 0.717) is 23.8 Å². The summed E-state index contributed by atoms with van der Waals surface area (Å²) in [6, 6.07) is 2.96. The fourth-order valence-corrected chi connectivity index (χ4v) is 3.15. The van der Waals surface area contributed by atoms with Gasteiger partial charge in [-0.25, -0.2) is 9.37 Å². The van der Waals surface area contributed by atoms with E-state index >= 15 is 0 Å². The van der Waals surface area contributed by atoms with Crippen LogP contribution in [0.5, 0.6) is 5.88 Å². The molecule has 2 fully saturated rings. The van der Waals surface area contributed by atoms with E-state index in [1.807, 2.05) is 0 Å². The molecule has 2 aliphatic rings. The van der Waals surface area contributed by atoms with Crippen molar-refractivity contribution in [1.82, 2.24) is 4.98 Å². The smallest absolute Gasteiger partial charge is 0.213 e. The van der Waals surface area contributed by atoms with Crippen molar-refractivity contribution >= 4 is 0 Å². The second-order valence-electron chi connectivity index (χ2n) is 5.51. The summed E-state index contributed by atoms with van der Waals surface area (Å²) in [5.41, 5.74) is 0.530. The lowest BCUT2D eigenvalue weighted by molar-refractivity contribution is -0.0688. The first-order chi connectivity index (χ1) is 8.76. The minimum Gasteiger partial charge on any atom is -0.477 e. The van der Waals surface area contributed by atoms with Gasteiger partial charge < -0.3 is 9.47 Å². The second kappa shape index (κ2) is 4.84. The van der Waals surface area contributed by atoms with E-state index in [1.54, 1.807) is 6.07 Å². The number of aromatic nitrogens is 1. The zero-order valence-electron chi connectivity index (χ0n) is 10.4. The summed E-state index contributed by atoms with van der Waals surface area (Å²) in [6.07, 6.45) is 6.04. The molecular formula is C14H18FNO2. The van der Waals surface area contributed by atoms with Gasteiger partial charge in [0.25, 0.3) is 0 Å². The van der Waals surface area contributed by atoms with Gasteiger partial charge in [-0.15, -0.1) is 0 Å². The highest BCUT2D eigenvalue weighted by Crippen LogP contribution is 2.52. The van der Waals surface area contributed by atoms with Gasteiger partial charge in [0, 0.05) is 19.3 Å². The average molecular weight is 251 g/mol. The molecule has 0 unspecified atom stereocenters. The Bertz CT molecular complexity index is 393. The van der Waals surface area contributed by atoms with E-state index in [4.69, 9.17) is 9.47 Å². The van der Waals surface area contributed by atoms with Crippen LogP contribution in [0, 0.1) is 17.2 Å². The van der Waals surface area contributed by atoms with Crippen LogP contribution in [0.25, 0.3) is 0 Å². The first kappa shape index (κ1) is 11.9. The van der Waals surface area contributed by atoms with E-state index in [2.05, 4.69) is 4.98 Å². The van der Waals surface area contributed by atoms with E-state index in [-0.39, 0.29) is 5.82 Å². The van der Waals surface area contributed by atoms with Crippen LogP contribution in [-0.4, -0.2) is 24.8 Å². The molecule has 18 heavy (non-hydrogen) atoms. The summed E-state index contributed by atoms with van der Waals surface area (Å²) in [6.45, 7) is 2.52. The zero-order chi connectivity index (χ0) is 12.4. The molecular weight excluding hydrogens is 233 g/mol. The van der Waals surface area contributed by atoms with Crippen LogP contribution in [0.2, 0.25) is 0 Å². The molecule has 0 amide bonds. The molecule has 0 radical (unpaired) electrons. The average Bonchev–Trinajstić information content (AvgIpc) is 2.37. The first-order valence-corrected chi connectivity index (χ1v) is 6.58. The van der Waals surface area contributed by atoms with E-state index in [9.17, 15) is 4.39 Å². The standard InChI is InChI=1S/C14H18FNO2/c15-12-1-2-13(16-9-12)18-10-11-7-14(8-11)3-5-17-6-4-14/h1-2,9,11H,3-8,10H2. The minimum atomic E-state index is -0.327. The molecule has 1 aromatic rings. The van der Waals surface area contributed by atoms with Crippen molar-refractivity contribution in [2.24, 2.45) is 11.3 Å². The van der Waals surface area contributed by atoms with Crippen LogP contribution in [-0.2, 0) is 4.74 Å². The predicted molar refractivity (Wildman–Crippen MR) is 64.9 cm³/mol. The molecule has 98 valence electrons. The summed E-state index contributed by atoms with van der Waals surface area (Å²) in [5.74, 6) is 0.812. The van der Waals surface area contributed by atoms with Crippen LogP contribution in [0.3, 0.4) is 0 Å². The highest BCUT2D eigenvalue weighted by Gasteiger charge is 2.44. The third-order valence-electron chi connectivity index (χ3n) is 4.16. The Morgan fingerprint density at radius 1 is 1.33 bits per heavy atom. The molecule has 0 atom stereocenters. The van der Waals surface area contributed by atoms with Crippen molar-refractivity contribution in [3.8, 4) is 5.88 Å². The van der Waals surface area contributed by atoms with Gasteiger partial charge in [-0.2, -0.15) is 0 Å². The largest absolute Gasteiger partial charge is 0.477 e. The molecule has 0 bridgehead atoms. The topological polar surface area (TPSA) is 31.4 Å². The molecule has 3 rings (SSSR count). The van der Waals surface area contributed by atoms with Crippen LogP contribution in [0.4, 0.5) is 4.39 Å². The summed E-state index contributed by atoms with van der Waals surface area (Å²) in [7, 11) is 0. The lowest BCUT2D eigenvalue weighted by Crippen LogP contribution is -2.43. The van der Waals surface area contributed by atoms with Crippen LogP contribution in [0.1, 0.15) is 25.7 Å². The van der Waals surface area contributed by atoms with Crippen molar-refractivity contribution in [2.75, 3.05) is 19.8 Å². The highest BCUT2D eigenvalue weighted by molar-refractivity contribution is 5.10. The molecule has 1 aliphatic carbocycles. The number of halogens is 1. The van der Waals surface area contributed by atoms with Gasteiger partial charge in [0.15, 0.2) is 0 Å². The predicted octanol–water partition coefficient (Wildman–Crippen LogP) is 2.81. The normalized spacial score (nSPS) is 22.7. The van der Waals surface area contributed by atoms with Crippen molar-refractivity contribution in [3.63, 3.8) is 0 Å². The van der Waals surface area contributed by atoms with Crippen LogP contribution in [0.15, 0.2) is 18.3 Å². The molecule has 0 N–H and O–H groups in total. The molecule has 0 aromatic carbocycles. The fourth-order valence-electron chi connectivity index (χ4n) is 3.15. The van der Waals surface area contributed by atoms with Crippen LogP contribution < -0.4 is 4.74 Å². The summed E-state index contributed by atoms with van der Waals surface area (Å²) >= 11 is 0. The maximum atomic E-state index is 12.7. The summed E-state index contributed by atoms with van der Waals surface area (Å²) in [5, 5.41) is 0. The van der Waals surface area contributed by atoms with Gasteiger partial charge in [-0.3, -0.25) is 0 Å². The molecule has 1 saturated carbocycles. The van der Waals surface area contributed by atoms with Gasteiger partial charge in [-0.05, 0) is 43.1 Å². The Balaban J connectivity index is 1.44. The van der Waals surface area contributed by atoms with E-state index in [1.165, 1.54) is 37.9 Å². The van der Waals surface area contributed by atoms with Crippen molar-refractivity contribution in [3.05, 3.63) is 24.1 Å². The lowest BCUT2D eigenvalue weighted by Gasteiger charge is -2.49. The third kappa shape index (κ3) is 2.48. The Morgan fingerprint density at radius 3 is 2.78 bits per heavy atom. The molecule has 1 aliphatic heterocycles.